The smallest absolute Gasteiger partial charge is 0.326 e. The number of carbonyl (C=O) groups is 3. The van der Waals surface area contributed by atoms with Gasteiger partial charge in [0, 0.05) is 10.5 Å². The van der Waals surface area contributed by atoms with Crippen molar-refractivity contribution < 1.29 is 19.3 Å². The number of urea groups is 1. The highest BCUT2D eigenvalue weighted by Crippen LogP contribution is 2.32. The van der Waals surface area contributed by atoms with Crippen LogP contribution in [-0.2, 0) is 16.1 Å². The van der Waals surface area contributed by atoms with E-state index < -0.39 is 11.6 Å². The van der Waals surface area contributed by atoms with Gasteiger partial charge in [-0.25, -0.2) is 4.79 Å². The summed E-state index contributed by atoms with van der Waals surface area (Å²) in [4.78, 5) is 39.4. The van der Waals surface area contributed by atoms with Crippen LogP contribution in [0.5, 0.6) is 0 Å². The van der Waals surface area contributed by atoms with Gasteiger partial charge < -0.3 is 10.2 Å². The zero-order valence-electron chi connectivity index (χ0n) is 15.8. The molecule has 146 valence electrons. The van der Waals surface area contributed by atoms with Gasteiger partial charge >= 0.3 is 6.03 Å². The lowest BCUT2D eigenvalue weighted by atomic mass is 9.82. The summed E-state index contributed by atoms with van der Waals surface area (Å²) in [6.07, 6.45) is 6.21. The Morgan fingerprint density at radius 1 is 1.22 bits per heavy atom. The molecule has 3 N–H and O–H groups in total. The lowest BCUT2D eigenvalue weighted by Gasteiger charge is -2.30. The van der Waals surface area contributed by atoms with E-state index in [2.05, 4.69) is 35.0 Å². The van der Waals surface area contributed by atoms with Crippen LogP contribution in [0, 0.1) is 0 Å². The normalized spacial score (nSPS) is 19.9. The maximum atomic E-state index is 12.7. The van der Waals surface area contributed by atoms with Gasteiger partial charge in [-0.1, -0.05) is 31.4 Å². The third-order valence-corrected chi connectivity index (χ3v) is 5.98. The first-order valence-corrected chi connectivity index (χ1v) is 10.6. The van der Waals surface area contributed by atoms with Gasteiger partial charge in [0.05, 0.1) is 7.05 Å². The molecule has 2 fully saturated rings. The van der Waals surface area contributed by atoms with E-state index in [9.17, 15) is 14.4 Å². The number of thioether (sulfide) groups is 1. The zero-order chi connectivity index (χ0) is 19.4. The van der Waals surface area contributed by atoms with Crippen molar-refractivity contribution in [2.45, 2.75) is 49.1 Å². The van der Waals surface area contributed by atoms with Crippen LogP contribution < -0.4 is 15.6 Å². The van der Waals surface area contributed by atoms with Crippen LogP contribution in [0.15, 0.2) is 29.2 Å². The molecule has 0 radical (unpaired) electrons. The van der Waals surface area contributed by atoms with E-state index in [1.54, 1.807) is 11.8 Å². The molecule has 27 heavy (non-hydrogen) atoms. The van der Waals surface area contributed by atoms with E-state index in [1.165, 1.54) is 4.90 Å². The van der Waals surface area contributed by atoms with Crippen molar-refractivity contribution in [1.82, 2.24) is 15.8 Å². The summed E-state index contributed by atoms with van der Waals surface area (Å²) < 4.78 is 0. The average molecular weight is 392 g/mol. The highest BCUT2D eigenvalue weighted by molar-refractivity contribution is 7.98. The molecule has 0 aromatic heterocycles. The van der Waals surface area contributed by atoms with Gasteiger partial charge in [0.2, 0.25) is 0 Å². The Bertz CT molecular complexity index is 716. The van der Waals surface area contributed by atoms with Crippen molar-refractivity contribution in [1.29, 1.82) is 0 Å². The summed E-state index contributed by atoms with van der Waals surface area (Å²) in [5, 5.41) is 3.66. The Labute approximate surface area is 163 Å². The molecule has 2 aliphatic rings. The molecule has 1 unspecified atom stereocenters. The fourth-order valence-electron chi connectivity index (χ4n) is 3.81. The molecular weight excluding hydrogens is 364 g/mol. The Hall–Kier alpha value is -2.06. The van der Waals surface area contributed by atoms with Crippen molar-refractivity contribution in [3.8, 4) is 0 Å². The number of quaternary nitrogens is 1. The number of rotatable bonds is 6. The molecule has 1 aromatic rings. The molecule has 1 heterocycles. The highest BCUT2D eigenvalue weighted by atomic mass is 32.2. The van der Waals surface area contributed by atoms with Crippen molar-refractivity contribution in [2.24, 2.45) is 0 Å². The number of nitrogens with zero attached hydrogens (tertiary/aromatic N) is 1. The number of nitrogens with one attached hydrogen (secondary N) is 3. The zero-order valence-corrected chi connectivity index (χ0v) is 16.7. The number of benzene rings is 1. The van der Waals surface area contributed by atoms with Gasteiger partial charge in [-0.2, -0.15) is 5.01 Å². The van der Waals surface area contributed by atoms with Crippen LogP contribution in [-0.4, -0.2) is 48.2 Å². The van der Waals surface area contributed by atoms with Crippen LogP contribution in [0.4, 0.5) is 4.79 Å². The summed E-state index contributed by atoms with van der Waals surface area (Å²) in [6, 6.07) is 7.70. The van der Waals surface area contributed by atoms with Gasteiger partial charge in [0.15, 0.2) is 6.54 Å². The second kappa shape index (κ2) is 8.31. The first kappa shape index (κ1) is 19.7. The van der Waals surface area contributed by atoms with E-state index in [0.717, 1.165) is 34.7 Å². The second-order valence-corrected chi connectivity index (χ2v) is 8.29. The van der Waals surface area contributed by atoms with Crippen LogP contribution in [0.2, 0.25) is 0 Å². The van der Waals surface area contributed by atoms with Crippen LogP contribution >= 0.6 is 11.8 Å². The first-order chi connectivity index (χ1) is 12.9. The van der Waals surface area contributed by atoms with E-state index in [0.29, 0.717) is 19.4 Å². The quantitative estimate of drug-likeness (QED) is 0.493. The molecule has 7 nitrogen and oxygen atoms in total. The Kier molecular flexibility index (Phi) is 6.06. The van der Waals surface area contributed by atoms with Gasteiger partial charge in [-0.3, -0.25) is 15.0 Å². The number of hydrogen-bond donors (Lipinski definition) is 3. The third-order valence-electron chi connectivity index (χ3n) is 5.23. The van der Waals surface area contributed by atoms with Gasteiger partial charge in [-0.15, -0.1) is 11.8 Å². The topological polar surface area (TPSA) is 82.9 Å². The lowest BCUT2D eigenvalue weighted by molar-refractivity contribution is -0.885. The van der Waals surface area contributed by atoms with Crippen molar-refractivity contribution >= 4 is 29.6 Å². The number of hydrazine groups is 1. The summed E-state index contributed by atoms with van der Waals surface area (Å²) in [5.74, 6) is -0.671. The summed E-state index contributed by atoms with van der Waals surface area (Å²) >= 11 is 1.69. The van der Waals surface area contributed by atoms with Crippen LogP contribution in [0.1, 0.15) is 37.7 Å². The number of carbonyl (C=O) groups excluding carboxylic acids is 3. The average Bonchev–Trinajstić information content (AvgIpc) is 2.87. The molecule has 1 atom stereocenters. The Morgan fingerprint density at radius 2 is 1.89 bits per heavy atom. The standard InChI is InChI=1S/C19H26N4O3S/c1-22(12-14-6-8-15(27-2)9-7-14)13-16(24)21-23-17(25)19(20-18(23)26)10-4-3-5-11-19/h6-9H,3-5,10-13H2,1-2H3,(H,20,26)(H,21,24)/p+1. The fourth-order valence-corrected chi connectivity index (χ4v) is 4.22. The summed E-state index contributed by atoms with van der Waals surface area (Å²) in [5.41, 5.74) is 2.81. The first-order valence-electron chi connectivity index (χ1n) is 9.34. The van der Waals surface area contributed by atoms with Crippen molar-refractivity contribution in [2.75, 3.05) is 19.8 Å². The highest BCUT2D eigenvalue weighted by Gasteiger charge is 2.52. The number of hydrogen-bond acceptors (Lipinski definition) is 4. The SMILES string of the molecule is CSc1ccc(C[NH+](C)CC(=O)NN2C(=O)NC3(CCCCC3)C2=O)cc1. The third kappa shape index (κ3) is 4.44. The summed E-state index contributed by atoms with van der Waals surface area (Å²) in [6.45, 7) is 0.862. The number of likely N-dealkylation sites (N-methyl/N-ethyl adjacent to an activating group) is 1. The molecule has 1 aliphatic carbocycles. The molecule has 0 bridgehead atoms. The van der Waals surface area contributed by atoms with E-state index in [-0.39, 0.29) is 18.4 Å². The molecule has 1 spiro atoms. The minimum atomic E-state index is -0.819. The fraction of sp³-hybridized carbons (Fsp3) is 0.526. The number of amides is 4. The Morgan fingerprint density at radius 3 is 2.52 bits per heavy atom. The predicted molar refractivity (Wildman–Crippen MR) is 103 cm³/mol. The molecule has 8 heteroatoms. The maximum Gasteiger partial charge on any atom is 0.344 e. The lowest BCUT2D eigenvalue weighted by Crippen LogP contribution is -3.09. The molecule has 1 aliphatic heterocycles. The monoisotopic (exact) mass is 391 g/mol. The molecular formula is C19H27N4O3S+. The van der Waals surface area contributed by atoms with Crippen LogP contribution in [0.25, 0.3) is 0 Å². The maximum absolute atomic E-state index is 12.7. The minimum Gasteiger partial charge on any atom is -0.326 e. The van der Waals surface area contributed by atoms with E-state index in [4.69, 9.17) is 0 Å². The molecule has 3 rings (SSSR count). The molecule has 4 amide bonds. The summed E-state index contributed by atoms with van der Waals surface area (Å²) in [7, 11) is 1.91. The minimum absolute atomic E-state index is 0.175. The van der Waals surface area contributed by atoms with Gasteiger partial charge in [-0.05, 0) is 31.2 Å². The largest absolute Gasteiger partial charge is 0.344 e. The van der Waals surface area contributed by atoms with Gasteiger partial charge in [0.1, 0.15) is 12.1 Å². The molecule has 1 saturated heterocycles. The van der Waals surface area contributed by atoms with E-state index >= 15 is 0 Å². The number of imide groups is 1. The Balaban J connectivity index is 1.53. The molecule has 1 saturated carbocycles. The van der Waals surface area contributed by atoms with Crippen molar-refractivity contribution in [3.05, 3.63) is 29.8 Å². The predicted octanol–water partition coefficient (Wildman–Crippen LogP) is 0.709. The van der Waals surface area contributed by atoms with Gasteiger partial charge in [0.25, 0.3) is 11.8 Å². The van der Waals surface area contributed by atoms with Crippen LogP contribution in [0.3, 0.4) is 0 Å². The second-order valence-electron chi connectivity index (χ2n) is 7.41. The van der Waals surface area contributed by atoms with E-state index in [1.807, 2.05) is 13.3 Å². The molecule has 1 aromatic carbocycles. The van der Waals surface area contributed by atoms with Crippen molar-refractivity contribution in [3.63, 3.8) is 0 Å².